The number of carbonyl (C=O) groups is 1. The first kappa shape index (κ1) is 20.6. The van der Waals surface area contributed by atoms with Gasteiger partial charge in [0, 0.05) is 0 Å². The number of carbonyl (C=O) groups excluding carboxylic acids is 1. The van der Waals surface area contributed by atoms with Crippen LogP contribution in [0.4, 0.5) is 4.39 Å². The summed E-state index contributed by atoms with van der Waals surface area (Å²) in [5.41, 5.74) is -0.264. The molecular weight excluding hydrogens is 391 g/mol. The molecule has 2 rings (SSSR count). The van der Waals surface area contributed by atoms with Crippen molar-refractivity contribution in [2.24, 2.45) is 5.92 Å². The molecule has 0 bridgehead atoms. The third-order valence-electron chi connectivity index (χ3n) is 4.02. The zero-order chi connectivity index (χ0) is 19.5. The molecule has 0 fully saturated rings. The quantitative estimate of drug-likeness (QED) is 0.567. The van der Waals surface area contributed by atoms with Crippen LogP contribution >= 0.6 is 35.3 Å². The highest BCUT2D eigenvalue weighted by Crippen LogP contribution is 2.28. The number of hydrogen-bond donors (Lipinski definition) is 1. The molecule has 0 aliphatic carbocycles. The van der Waals surface area contributed by atoms with E-state index in [1.807, 2.05) is 13.8 Å². The second-order valence-corrected chi connectivity index (χ2v) is 9.45. The Morgan fingerprint density at radius 2 is 2.04 bits per heavy atom. The van der Waals surface area contributed by atoms with E-state index in [9.17, 15) is 14.4 Å². The van der Waals surface area contributed by atoms with E-state index in [-0.39, 0.29) is 17.6 Å². The topological polar surface area (TPSA) is 70.7 Å². The number of nitriles is 1. The maximum atomic E-state index is 13.1. The average Bonchev–Trinajstić information content (AvgIpc) is 2.95. The van der Waals surface area contributed by atoms with Crippen LogP contribution in [-0.4, -0.2) is 26.5 Å². The fourth-order valence-electron chi connectivity index (χ4n) is 1.92. The normalized spacial score (nSPS) is 14.5. The molecule has 1 N–H and O–H groups in total. The maximum absolute atomic E-state index is 13.1. The number of halogens is 1. The molecular formula is C17H19FN4OS3. The van der Waals surface area contributed by atoms with Gasteiger partial charge >= 0.3 is 0 Å². The van der Waals surface area contributed by atoms with Crippen molar-refractivity contribution in [3.05, 3.63) is 34.0 Å². The summed E-state index contributed by atoms with van der Waals surface area (Å²) < 4.78 is 15.7. The first-order valence-corrected chi connectivity index (χ1v) is 10.0. The average molecular weight is 411 g/mol. The molecule has 1 aromatic carbocycles. The van der Waals surface area contributed by atoms with E-state index in [0.29, 0.717) is 14.0 Å². The Balaban J connectivity index is 2.13. The molecule has 0 spiro atoms. The van der Waals surface area contributed by atoms with Gasteiger partial charge in [-0.25, -0.2) is 9.07 Å². The van der Waals surface area contributed by atoms with Crippen molar-refractivity contribution in [1.29, 1.82) is 5.26 Å². The highest BCUT2D eigenvalue weighted by molar-refractivity contribution is 8.02. The van der Waals surface area contributed by atoms with Crippen LogP contribution in [0.2, 0.25) is 0 Å². The number of hydrogen-bond acceptors (Lipinski definition) is 6. The second-order valence-electron chi connectivity index (χ2n) is 6.24. The molecule has 0 saturated heterocycles. The van der Waals surface area contributed by atoms with E-state index in [0.717, 1.165) is 0 Å². The van der Waals surface area contributed by atoms with Crippen molar-refractivity contribution in [2.75, 3.05) is 0 Å². The predicted molar refractivity (Wildman–Crippen MR) is 105 cm³/mol. The highest BCUT2D eigenvalue weighted by Gasteiger charge is 2.32. The Labute approximate surface area is 165 Å². The lowest BCUT2D eigenvalue weighted by molar-refractivity contribution is -0.121. The molecule has 0 radical (unpaired) electrons. The van der Waals surface area contributed by atoms with Crippen molar-refractivity contribution in [1.82, 2.24) is 15.1 Å². The van der Waals surface area contributed by atoms with E-state index in [2.05, 4.69) is 16.5 Å². The monoisotopic (exact) mass is 410 g/mol. The van der Waals surface area contributed by atoms with E-state index in [1.54, 1.807) is 30.7 Å². The van der Waals surface area contributed by atoms with E-state index < -0.39 is 10.8 Å². The van der Waals surface area contributed by atoms with Crippen LogP contribution in [0.15, 0.2) is 28.6 Å². The van der Waals surface area contributed by atoms with Crippen molar-refractivity contribution in [3.63, 3.8) is 0 Å². The fourth-order valence-corrected chi connectivity index (χ4v) is 4.42. The van der Waals surface area contributed by atoms with Crippen molar-refractivity contribution in [3.8, 4) is 11.8 Å². The molecule has 26 heavy (non-hydrogen) atoms. The highest BCUT2D eigenvalue weighted by atomic mass is 32.2. The molecule has 2 atom stereocenters. The van der Waals surface area contributed by atoms with Crippen LogP contribution in [0.25, 0.3) is 5.69 Å². The van der Waals surface area contributed by atoms with Crippen LogP contribution < -0.4 is 5.32 Å². The van der Waals surface area contributed by atoms with Crippen LogP contribution in [0.1, 0.15) is 27.7 Å². The Bertz CT molecular complexity index is 885. The summed E-state index contributed by atoms with van der Waals surface area (Å²) in [5.74, 6) is -0.586. The molecule has 5 nitrogen and oxygen atoms in total. The Hall–Kier alpha value is -1.76. The minimum atomic E-state index is -0.925. The largest absolute Gasteiger partial charge is 0.337 e. The van der Waals surface area contributed by atoms with Gasteiger partial charge in [-0.05, 0) is 56.2 Å². The van der Waals surface area contributed by atoms with Crippen LogP contribution in [0, 0.1) is 27.0 Å². The smallest absolute Gasteiger partial charge is 0.234 e. The summed E-state index contributed by atoms with van der Waals surface area (Å²) in [6.07, 6.45) is 0. The molecule has 0 aliphatic rings. The molecule has 0 unspecified atom stereocenters. The van der Waals surface area contributed by atoms with Crippen LogP contribution in [0.3, 0.4) is 0 Å². The SMILES string of the molecule is CC(C)[C@@](C)(C#N)NC(=O)[C@@H](C)Sc1nn(-c2ccc(F)cc2)c(=S)s1. The van der Waals surface area contributed by atoms with Gasteiger partial charge in [-0.15, -0.1) is 5.10 Å². The van der Waals surface area contributed by atoms with Gasteiger partial charge in [0.15, 0.2) is 8.29 Å². The molecule has 1 aromatic heterocycles. The van der Waals surface area contributed by atoms with Gasteiger partial charge in [-0.3, -0.25) is 4.79 Å². The lowest BCUT2D eigenvalue weighted by Gasteiger charge is -2.28. The Morgan fingerprint density at radius 3 is 2.58 bits per heavy atom. The standard InChI is InChI=1S/C17H19FN4OS3/c1-10(2)17(4,9-19)20-14(23)11(3)25-15-21-22(16(24)26-15)13-7-5-12(18)6-8-13/h5-8,10-11H,1-4H3,(H,20,23)/t11-,17-/m1/s1. The lowest BCUT2D eigenvalue weighted by Crippen LogP contribution is -2.51. The van der Waals surface area contributed by atoms with Crippen molar-refractivity contribution >= 4 is 41.2 Å². The number of benzene rings is 1. The zero-order valence-electron chi connectivity index (χ0n) is 14.8. The van der Waals surface area contributed by atoms with Gasteiger partial charge in [0.05, 0.1) is 17.0 Å². The summed E-state index contributed by atoms with van der Waals surface area (Å²) >= 11 is 7.87. The maximum Gasteiger partial charge on any atom is 0.234 e. The van der Waals surface area contributed by atoms with Gasteiger partial charge in [0.2, 0.25) is 5.91 Å². The summed E-state index contributed by atoms with van der Waals surface area (Å²) in [6.45, 7) is 7.24. The summed E-state index contributed by atoms with van der Waals surface area (Å²) in [5, 5.41) is 16.1. The van der Waals surface area contributed by atoms with Crippen molar-refractivity contribution < 1.29 is 9.18 Å². The number of rotatable bonds is 6. The first-order chi connectivity index (χ1) is 12.2. The van der Waals surface area contributed by atoms with Gasteiger partial charge in [0.25, 0.3) is 0 Å². The number of thioether (sulfide) groups is 1. The molecule has 0 aliphatic heterocycles. The number of aromatic nitrogens is 2. The fraction of sp³-hybridized carbons (Fsp3) is 0.412. The minimum absolute atomic E-state index is 0.0200. The molecule has 2 aromatic rings. The van der Waals surface area contributed by atoms with Crippen LogP contribution in [0.5, 0.6) is 0 Å². The Morgan fingerprint density at radius 1 is 1.42 bits per heavy atom. The molecule has 138 valence electrons. The second kappa shape index (κ2) is 8.29. The minimum Gasteiger partial charge on any atom is -0.337 e. The molecule has 0 saturated carbocycles. The summed E-state index contributed by atoms with van der Waals surface area (Å²) in [6, 6.07) is 8.03. The Kier molecular flexibility index (Phi) is 6.55. The third-order valence-corrected chi connectivity index (χ3v) is 6.43. The van der Waals surface area contributed by atoms with Crippen molar-refractivity contribution in [2.45, 2.75) is 42.8 Å². The first-order valence-electron chi connectivity index (χ1n) is 7.92. The van der Waals surface area contributed by atoms with Crippen LogP contribution in [-0.2, 0) is 4.79 Å². The molecule has 9 heteroatoms. The lowest BCUT2D eigenvalue weighted by atomic mass is 9.90. The summed E-state index contributed by atoms with van der Waals surface area (Å²) in [4.78, 5) is 12.4. The van der Waals surface area contributed by atoms with E-state index >= 15 is 0 Å². The van der Waals surface area contributed by atoms with E-state index in [4.69, 9.17) is 12.2 Å². The number of nitrogens with one attached hydrogen (secondary N) is 1. The number of nitrogens with zero attached hydrogens (tertiary/aromatic N) is 3. The van der Waals surface area contributed by atoms with Gasteiger partial charge < -0.3 is 5.32 Å². The van der Waals surface area contributed by atoms with Gasteiger partial charge in [-0.2, -0.15) is 5.26 Å². The van der Waals surface area contributed by atoms with E-state index in [1.165, 1.54) is 35.2 Å². The number of amides is 1. The third kappa shape index (κ3) is 4.69. The summed E-state index contributed by atoms with van der Waals surface area (Å²) in [7, 11) is 0. The van der Waals surface area contributed by atoms with Gasteiger partial charge in [-0.1, -0.05) is 36.9 Å². The van der Waals surface area contributed by atoms with Gasteiger partial charge in [0.1, 0.15) is 11.4 Å². The zero-order valence-corrected chi connectivity index (χ0v) is 17.3. The predicted octanol–water partition coefficient (Wildman–Crippen LogP) is 4.34. The molecule has 1 heterocycles. The molecule has 1 amide bonds.